The van der Waals surface area contributed by atoms with Crippen molar-refractivity contribution in [3.8, 4) is 17.2 Å². The molecule has 0 aromatic heterocycles. The van der Waals surface area contributed by atoms with E-state index in [1.165, 1.54) is 18.2 Å². The predicted molar refractivity (Wildman–Crippen MR) is 84.8 cm³/mol. The Hall–Kier alpha value is -2.96. The SMILES string of the molecule is CC(/C=C/C(=O)O)Oc1ccc(Oc2ccc(C(F)(F)F)cc2)cc1. The Morgan fingerprint density at radius 1 is 1.00 bits per heavy atom. The lowest BCUT2D eigenvalue weighted by atomic mass is 10.2. The molecule has 0 saturated carbocycles. The van der Waals surface area contributed by atoms with Gasteiger partial charge in [-0.1, -0.05) is 0 Å². The first-order chi connectivity index (χ1) is 11.7. The largest absolute Gasteiger partial charge is 0.487 e. The summed E-state index contributed by atoms with van der Waals surface area (Å²) in [6.07, 6.45) is -2.43. The summed E-state index contributed by atoms with van der Waals surface area (Å²) in [5.74, 6) is 0.151. The van der Waals surface area contributed by atoms with Gasteiger partial charge in [0.1, 0.15) is 23.4 Å². The number of hydrogen-bond donors (Lipinski definition) is 1. The summed E-state index contributed by atoms with van der Waals surface area (Å²) in [4.78, 5) is 10.4. The molecule has 7 heteroatoms. The van der Waals surface area contributed by atoms with Gasteiger partial charge in [0, 0.05) is 6.08 Å². The van der Waals surface area contributed by atoms with Gasteiger partial charge in [0.05, 0.1) is 5.56 Å². The van der Waals surface area contributed by atoms with Crippen molar-refractivity contribution in [1.29, 1.82) is 0 Å². The second-order valence-electron chi connectivity index (χ2n) is 5.12. The highest BCUT2D eigenvalue weighted by molar-refractivity contribution is 5.79. The molecule has 0 radical (unpaired) electrons. The summed E-state index contributed by atoms with van der Waals surface area (Å²) in [7, 11) is 0. The smallest absolute Gasteiger partial charge is 0.416 e. The summed E-state index contributed by atoms with van der Waals surface area (Å²) >= 11 is 0. The molecule has 25 heavy (non-hydrogen) atoms. The van der Waals surface area contributed by atoms with Crippen molar-refractivity contribution in [2.75, 3.05) is 0 Å². The van der Waals surface area contributed by atoms with E-state index in [4.69, 9.17) is 14.6 Å². The maximum absolute atomic E-state index is 12.5. The fourth-order valence-corrected chi connectivity index (χ4v) is 1.91. The Balaban J connectivity index is 1.97. The van der Waals surface area contributed by atoms with Crippen LogP contribution in [0.4, 0.5) is 13.2 Å². The molecular weight excluding hydrogens is 337 g/mol. The van der Waals surface area contributed by atoms with Crippen LogP contribution in [-0.4, -0.2) is 17.2 Å². The first-order valence-electron chi connectivity index (χ1n) is 7.27. The van der Waals surface area contributed by atoms with Crippen LogP contribution in [0.25, 0.3) is 0 Å². The number of aliphatic carboxylic acids is 1. The van der Waals surface area contributed by atoms with Crippen molar-refractivity contribution < 1.29 is 32.5 Å². The molecule has 1 unspecified atom stereocenters. The number of carboxylic acids is 1. The highest BCUT2D eigenvalue weighted by Gasteiger charge is 2.30. The van der Waals surface area contributed by atoms with Gasteiger partial charge in [0.25, 0.3) is 0 Å². The van der Waals surface area contributed by atoms with E-state index >= 15 is 0 Å². The number of rotatable bonds is 6. The molecule has 0 bridgehead atoms. The Kier molecular flexibility index (Phi) is 5.69. The molecular formula is C18H15F3O4. The zero-order valence-electron chi connectivity index (χ0n) is 13.2. The highest BCUT2D eigenvalue weighted by atomic mass is 19.4. The van der Waals surface area contributed by atoms with Gasteiger partial charge in [-0.2, -0.15) is 13.2 Å². The molecule has 1 atom stereocenters. The van der Waals surface area contributed by atoms with Crippen molar-refractivity contribution in [2.24, 2.45) is 0 Å². The fourth-order valence-electron chi connectivity index (χ4n) is 1.91. The second-order valence-corrected chi connectivity index (χ2v) is 5.12. The summed E-state index contributed by atoms with van der Waals surface area (Å²) in [5.41, 5.74) is -0.744. The minimum atomic E-state index is -4.39. The molecule has 0 spiro atoms. The molecule has 0 fully saturated rings. The van der Waals surface area contributed by atoms with Gasteiger partial charge < -0.3 is 14.6 Å². The zero-order chi connectivity index (χ0) is 18.4. The first-order valence-corrected chi connectivity index (χ1v) is 7.27. The Bertz CT molecular complexity index is 734. The van der Waals surface area contributed by atoms with Crippen molar-refractivity contribution >= 4 is 5.97 Å². The predicted octanol–water partition coefficient (Wildman–Crippen LogP) is 4.91. The third-order valence-corrected chi connectivity index (χ3v) is 3.07. The molecule has 4 nitrogen and oxygen atoms in total. The maximum atomic E-state index is 12.5. The molecule has 1 N–H and O–H groups in total. The van der Waals surface area contributed by atoms with Crippen LogP contribution in [-0.2, 0) is 11.0 Å². The molecule has 0 amide bonds. The van der Waals surface area contributed by atoms with Crippen LogP contribution in [0, 0.1) is 0 Å². The third kappa shape index (κ3) is 5.87. The molecule has 0 aliphatic heterocycles. The summed E-state index contributed by atoms with van der Waals surface area (Å²) < 4.78 is 48.5. The number of carboxylic acid groups (broad SMARTS) is 1. The topological polar surface area (TPSA) is 55.8 Å². The molecule has 2 aromatic carbocycles. The monoisotopic (exact) mass is 352 g/mol. The maximum Gasteiger partial charge on any atom is 0.416 e. The van der Waals surface area contributed by atoms with E-state index in [9.17, 15) is 18.0 Å². The quantitative estimate of drug-likeness (QED) is 0.751. The molecule has 0 aliphatic carbocycles. The Morgan fingerprint density at radius 3 is 1.96 bits per heavy atom. The molecule has 0 aliphatic rings. The minimum Gasteiger partial charge on any atom is -0.487 e. The molecule has 2 rings (SSSR count). The van der Waals surface area contributed by atoms with E-state index in [1.54, 1.807) is 31.2 Å². The van der Waals surface area contributed by atoms with E-state index in [-0.39, 0.29) is 5.75 Å². The molecule has 132 valence electrons. The summed E-state index contributed by atoms with van der Waals surface area (Å²) in [6, 6.07) is 10.8. The molecule has 0 heterocycles. The van der Waals surface area contributed by atoms with Gasteiger partial charge >= 0.3 is 12.1 Å². The minimum absolute atomic E-state index is 0.277. The number of ether oxygens (including phenoxy) is 2. The standard InChI is InChI=1S/C18H15F3O4/c1-12(2-11-17(22)23)24-14-7-9-16(10-8-14)25-15-5-3-13(4-6-15)18(19,20)21/h2-12H,1H3,(H,22,23)/b11-2+. The van der Waals surface area contributed by atoms with E-state index in [0.29, 0.717) is 11.5 Å². The average Bonchev–Trinajstić information content (AvgIpc) is 2.54. The van der Waals surface area contributed by atoms with E-state index in [2.05, 4.69) is 0 Å². The highest BCUT2D eigenvalue weighted by Crippen LogP contribution is 2.31. The molecule has 0 saturated heterocycles. The Morgan fingerprint density at radius 2 is 1.48 bits per heavy atom. The number of hydrogen-bond acceptors (Lipinski definition) is 3. The van der Waals surface area contributed by atoms with Crippen molar-refractivity contribution in [3.05, 3.63) is 66.2 Å². The Labute approximate surface area is 142 Å². The lowest BCUT2D eigenvalue weighted by molar-refractivity contribution is -0.137. The number of halogens is 3. The van der Waals surface area contributed by atoms with Crippen LogP contribution >= 0.6 is 0 Å². The fraction of sp³-hybridized carbons (Fsp3) is 0.167. The van der Waals surface area contributed by atoms with Gasteiger partial charge in [0.15, 0.2) is 0 Å². The van der Waals surface area contributed by atoms with Gasteiger partial charge in [-0.25, -0.2) is 4.79 Å². The van der Waals surface area contributed by atoms with Gasteiger partial charge in [-0.05, 0) is 61.5 Å². The normalized spacial score (nSPS) is 12.8. The summed E-state index contributed by atoms with van der Waals surface area (Å²) in [6.45, 7) is 1.69. The third-order valence-electron chi connectivity index (χ3n) is 3.07. The first kappa shape index (κ1) is 18.4. The summed E-state index contributed by atoms with van der Waals surface area (Å²) in [5, 5.41) is 8.55. The van der Waals surface area contributed by atoms with Crippen molar-refractivity contribution in [2.45, 2.75) is 19.2 Å². The van der Waals surface area contributed by atoms with E-state index < -0.39 is 23.8 Å². The number of benzene rings is 2. The average molecular weight is 352 g/mol. The van der Waals surface area contributed by atoms with Gasteiger partial charge in [-0.15, -0.1) is 0 Å². The van der Waals surface area contributed by atoms with E-state index in [0.717, 1.165) is 18.2 Å². The van der Waals surface area contributed by atoms with Crippen LogP contribution in [0.15, 0.2) is 60.7 Å². The van der Waals surface area contributed by atoms with Crippen LogP contribution in [0.2, 0.25) is 0 Å². The zero-order valence-corrected chi connectivity index (χ0v) is 13.2. The van der Waals surface area contributed by atoms with Gasteiger partial charge in [0.2, 0.25) is 0 Å². The van der Waals surface area contributed by atoms with Gasteiger partial charge in [-0.3, -0.25) is 0 Å². The second kappa shape index (κ2) is 7.74. The van der Waals surface area contributed by atoms with Crippen LogP contribution in [0.3, 0.4) is 0 Å². The molecule has 2 aromatic rings. The lowest BCUT2D eigenvalue weighted by Crippen LogP contribution is -2.08. The number of carbonyl (C=O) groups is 1. The van der Waals surface area contributed by atoms with Crippen molar-refractivity contribution in [3.63, 3.8) is 0 Å². The lowest BCUT2D eigenvalue weighted by Gasteiger charge is -2.12. The van der Waals surface area contributed by atoms with E-state index in [1.807, 2.05) is 0 Å². The number of alkyl halides is 3. The van der Waals surface area contributed by atoms with Crippen LogP contribution in [0.5, 0.6) is 17.2 Å². The van der Waals surface area contributed by atoms with Crippen LogP contribution in [0.1, 0.15) is 12.5 Å². The van der Waals surface area contributed by atoms with Crippen molar-refractivity contribution in [1.82, 2.24) is 0 Å². The van der Waals surface area contributed by atoms with Crippen LogP contribution < -0.4 is 9.47 Å².